The highest BCUT2D eigenvalue weighted by Gasteiger charge is 2.27. The second kappa shape index (κ2) is 6.84. The van der Waals surface area contributed by atoms with Crippen molar-refractivity contribution in [3.05, 3.63) is 65.9 Å². The minimum Gasteiger partial charge on any atom is -0.449 e. The van der Waals surface area contributed by atoms with Gasteiger partial charge >= 0.3 is 0 Å². The van der Waals surface area contributed by atoms with Gasteiger partial charge < -0.3 is 14.9 Å². The van der Waals surface area contributed by atoms with E-state index in [0.717, 1.165) is 5.56 Å². The summed E-state index contributed by atoms with van der Waals surface area (Å²) in [6, 6.07) is 16.9. The number of rotatable bonds is 4. The minimum atomic E-state index is -2.95. The topological polar surface area (TPSA) is 77.0 Å². The van der Waals surface area contributed by atoms with Gasteiger partial charge in [-0.25, -0.2) is 8.42 Å². The fourth-order valence-electron chi connectivity index (χ4n) is 2.92. The molecule has 0 radical (unpaired) electrons. The monoisotopic (exact) mass is 370 g/mol. The zero-order valence-electron chi connectivity index (χ0n) is 14.0. The van der Waals surface area contributed by atoms with E-state index in [0.29, 0.717) is 29.4 Å². The van der Waals surface area contributed by atoms with Gasteiger partial charge in [-0.1, -0.05) is 42.5 Å². The summed E-state index contributed by atoms with van der Waals surface area (Å²) in [4.78, 5) is 0. The van der Waals surface area contributed by atoms with E-state index in [9.17, 15) is 8.42 Å². The van der Waals surface area contributed by atoms with Crippen molar-refractivity contribution in [3.8, 4) is 11.5 Å². The summed E-state index contributed by atoms with van der Waals surface area (Å²) in [6.07, 6.45) is 2.09. The van der Waals surface area contributed by atoms with Gasteiger partial charge in [0.25, 0.3) is 0 Å². The molecule has 1 atom stereocenters. The summed E-state index contributed by atoms with van der Waals surface area (Å²) in [5.74, 6) is 2.58. The maximum Gasteiger partial charge on any atom is 0.190 e. The van der Waals surface area contributed by atoms with Crippen molar-refractivity contribution in [2.75, 3.05) is 11.5 Å². The standard InChI is InChI=1S/C19H18N2O4S/c22-26(23)11-10-15(13-26)21-20-12-18-19(14-6-2-1-3-7-14)25-17-9-5-4-8-16(17)24-18/h1-9,12,15,21H,10-11,13H2. The van der Waals surface area contributed by atoms with Gasteiger partial charge in [0.05, 0.1) is 23.8 Å². The van der Waals surface area contributed by atoms with Crippen LogP contribution in [-0.4, -0.2) is 32.2 Å². The first-order valence-electron chi connectivity index (χ1n) is 8.34. The average Bonchev–Trinajstić information content (AvgIpc) is 3.00. The predicted molar refractivity (Wildman–Crippen MR) is 99.7 cm³/mol. The molecule has 1 unspecified atom stereocenters. The second-order valence-electron chi connectivity index (χ2n) is 6.20. The van der Waals surface area contributed by atoms with Crippen molar-refractivity contribution in [2.45, 2.75) is 12.5 Å². The van der Waals surface area contributed by atoms with Crippen molar-refractivity contribution < 1.29 is 17.9 Å². The number of nitrogens with zero attached hydrogens (tertiary/aromatic N) is 1. The van der Waals surface area contributed by atoms with Crippen molar-refractivity contribution >= 4 is 21.8 Å². The molecule has 6 nitrogen and oxygen atoms in total. The Morgan fingerprint density at radius 3 is 2.38 bits per heavy atom. The van der Waals surface area contributed by atoms with Gasteiger partial charge in [-0.15, -0.1) is 0 Å². The number of hydrazone groups is 1. The number of para-hydroxylation sites is 2. The van der Waals surface area contributed by atoms with Crippen LogP contribution in [0.2, 0.25) is 0 Å². The highest BCUT2D eigenvalue weighted by atomic mass is 32.2. The lowest BCUT2D eigenvalue weighted by Crippen LogP contribution is -2.26. The number of allylic oxidation sites excluding steroid dienone is 1. The smallest absolute Gasteiger partial charge is 0.190 e. The number of hydrogen-bond acceptors (Lipinski definition) is 6. The van der Waals surface area contributed by atoms with Crippen LogP contribution in [0.4, 0.5) is 0 Å². The Morgan fingerprint density at radius 2 is 1.69 bits per heavy atom. The highest BCUT2D eigenvalue weighted by molar-refractivity contribution is 7.91. The van der Waals surface area contributed by atoms with Crippen LogP contribution in [0.3, 0.4) is 0 Å². The van der Waals surface area contributed by atoms with E-state index in [1.807, 2.05) is 54.6 Å². The molecule has 134 valence electrons. The molecule has 0 spiro atoms. The van der Waals surface area contributed by atoms with Crippen molar-refractivity contribution in [2.24, 2.45) is 5.10 Å². The lowest BCUT2D eigenvalue weighted by molar-refractivity contribution is 0.366. The predicted octanol–water partition coefficient (Wildman–Crippen LogP) is 2.59. The third kappa shape index (κ3) is 3.57. The van der Waals surface area contributed by atoms with Gasteiger partial charge in [0.15, 0.2) is 32.9 Å². The second-order valence-corrected chi connectivity index (χ2v) is 8.43. The van der Waals surface area contributed by atoms with Crippen molar-refractivity contribution in [3.63, 3.8) is 0 Å². The number of hydrogen-bond donors (Lipinski definition) is 1. The first-order valence-corrected chi connectivity index (χ1v) is 10.2. The molecule has 26 heavy (non-hydrogen) atoms. The van der Waals surface area contributed by atoms with E-state index in [-0.39, 0.29) is 17.5 Å². The summed E-state index contributed by atoms with van der Waals surface area (Å²) in [7, 11) is -2.95. The molecule has 4 rings (SSSR count). The zero-order chi connectivity index (χ0) is 18.0. The molecule has 2 aliphatic rings. The molecule has 2 aromatic carbocycles. The molecule has 0 bridgehead atoms. The maximum atomic E-state index is 11.5. The first kappa shape index (κ1) is 16.7. The Kier molecular flexibility index (Phi) is 4.38. The van der Waals surface area contributed by atoms with Crippen LogP contribution in [0.1, 0.15) is 12.0 Å². The van der Waals surface area contributed by atoms with Gasteiger partial charge in [-0.05, 0) is 18.6 Å². The van der Waals surface area contributed by atoms with Gasteiger partial charge in [0.2, 0.25) is 0 Å². The van der Waals surface area contributed by atoms with Gasteiger partial charge in [-0.3, -0.25) is 0 Å². The Morgan fingerprint density at radius 1 is 1.00 bits per heavy atom. The van der Waals surface area contributed by atoms with Crippen LogP contribution in [0, 0.1) is 0 Å². The SMILES string of the molecule is O=S1(=O)CCC(NN=CC2=C(c3ccccc3)Oc3ccccc3O2)C1. The van der Waals surface area contributed by atoms with Crippen LogP contribution in [0.25, 0.3) is 5.76 Å². The molecule has 1 saturated heterocycles. The molecule has 7 heteroatoms. The quantitative estimate of drug-likeness (QED) is 0.661. The lowest BCUT2D eigenvalue weighted by atomic mass is 10.1. The molecule has 2 heterocycles. The normalized spacial score (nSPS) is 21.2. The largest absolute Gasteiger partial charge is 0.449 e. The number of sulfone groups is 1. The molecular formula is C19H18N2O4S. The molecule has 0 saturated carbocycles. The van der Waals surface area contributed by atoms with Gasteiger partial charge in [0.1, 0.15) is 0 Å². The van der Waals surface area contributed by atoms with Crippen LogP contribution in [0.5, 0.6) is 11.5 Å². The Balaban J connectivity index is 1.59. The molecule has 1 fully saturated rings. The average molecular weight is 370 g/mol. The van der Waals surface area contributed by atoms with E-state index in [2.05, 4.69) is 10.5 Å². The lowest BCUT2D eigenvalue weighted by Gasteiger charge is -2.22. The highest BCUT2D eigenvalue weighted by Crippen LogP contribution is 2.37. The van der Waals surface area contributed by atoms with Crippen molar-refractivity contribution in [1.29, 1.82) is 0 Å². The molecule has 0 amide bonds. The third-order valence-electron chi connectivity index (χ3n) is 4.21. The van der Waals surface area contributed by atoms with Crippen LogP contribution >= 0.6 is 0 Å². The van der Waals surface area contributed by atoms with Crippen molar-refractivity contribution in [1.82, 2.24) is 5.43 Å². The van der Waals surface area contributed by atoms with Crippen LogP contribution in [0.15, 0.2) is 65.5 Å². The minimum absolute atomic E-state index is 0.106. The molecule has 0 aromatic heterocycles. The summed E-state index contributed by atoms with van der Waals surface area (Å²) in [5.41, 5.74) is 3.77. The molecular weight excluding hydrogens is 352 g/mol. The van der Waals surface area contributed by atoms with E-state index in [4.69, 9.17) is 9.47 Å². The molecule has 1 N–H and O–H groups in total. The first-order chi connectivity index (χ1) is 12.6. The number of ether oxygens (including phenoxy) is 2. The maximum absolute atomic E-state index is 11.5. The van der Waals surface area contributed by atoms with E-state index in [1.165, 1.54) is 6.21 Å². The zero-order valence-corrected chi connectivity index (χ0v) is 14.8. The Labute approximate surface area is 152 Å². The molecule has 2 aromatic rings. The van der Waals surface area contributed by atoms with E-state index < -0.39 is 9.84 Å². The van der Waals surface area contributed by atoms with Crippen LogP contribution < -0.4 is 14.9 Å². The Hall–Kier alpha value is -2.80. The fraction of sp³-hybridized carbons (Fsp3) is 0.211. The third-order valence-corrected chi connectivity index (χ3v) is 5.98. The Bertz CT molecular complexity index is 968. The molecule has 0 aliphatic carbocycles. The fourth-order valence-corrected chi connectivity index (χ4v) is 4.58. The molecule has 2 aliphatic heterocycles. The summed E-state index contributed by atoms with van der Waals surface area (Å²) < 4.78 is 35.0. The van der Waals surface area contributed by atoms with Gasteiger partial charge in [-0.2, -0.15) is 5.10 Å². The summed E-state index contributed by atoms with van der Waals surface area (Å²) in [5, 5.41) is 4.19. The number of benzene rings is 2. The van der Waals surface area contributed by atoms with Gasteiger partial charge in [0, 0.05) is 5.56 Å². The number of nitrogens with one attached hydrogen (secondary N) is 1. The van der Waals surface area contributed by atoms with E-state index in [1.54, 1.807) is 0 Å². The van der Waals surface area contributed by atoms with Crippen LogP contribution in [-0.2, 0) is 9.84 Å². The number of fused-ring (bicyclic) bond motifs is 1. The summed E-state index contributed by atoms with van der Waals surface area (Å²) >= 11 is 0. The summed E-state index contributed by atoms with van der Waals surface area (Å²) in [6.45, 7) is 0. The van der Waals surface area contributed by atoms with E-state index >= 15 is 0 Å².